The number of benzene rings is 3. The molecule has 2 nitrogen and oxygen atoms in total. The largest absolute Gasteiger partial charge is 0.507 e. The molecule has 0 aliphatic heterocycles. The van der Waals surface area contributed by atoms with Gasteiger partial charge in [0.05, 0.1) is 0 Å². The number of rotatable bonds is 3. The molecule has 2 heteroatoms. The molecule has 0 amide bonds. The second kappa shape index (κ2) is 5.25. The highest BCUT2D eigenvalue weighted by Gasteiger charge is 2.03. The molecule has 20 heavy (non-hydrogen) atoms. The Labute approximate surface area is 118 Å². The van der Waals surface area contributed by atoms with Crippen molar-refractivity contribution in [3.8, 4) is 5.75 Å². The number of fused-ring (bicyclic) bond motifs is 1. The maximum absolute atomic E-state index is 9.88. The summed E-state index contributed by atoms with van der Waals surface area (Å²) in [5, 5.41) is 15.2. The van der Waals surface area contributed by atoms with Crippen LogP contribution in [0.25, 0.3) is 10.8 Å². The van der Waals surface area contributed by atoms with Gasteiger partial charge in [-0.15, -0.1) is 0 Å². The number of hydrogen-bond acceptors (Lipinski definition) is 2. The van der Waals surface area contributed by atoms with Gasteiger partial charge in [-0.25, -0.2) is 0 Å². The van der Waals surface area contributed by atoms with Gasteiger partial charge < -0.3 is 10.4 Å². The molecule has 0 fully saturated rings. The van der Waals surface area contributed by atoms with E-state index in [-0.39, 0.29) is 0 Å². The van der Waals surface area contributed by atoms with Gasteiger partial charge >= 0.3 is 0 Å². The third kappa shape index (κ3) is 2.45. The lowest BCUT2D eigenvalue weighted by Crippen LogP contribution is -1.99. The van der Waals surface area contributed by atoms with Gasteiger partial charge in [-0.3, -0.25) is 0 Å². The standard InChI is InChI=1S/C18H17NO/c1-13-8-10-14(11-9-13)12-19-17-6-2-5-16-15(17)4-3-7-18(16)20/h2-11,19-20H,12H2,1H3. The molecule has 0 aliphatic carbocycles. The molecular formula is C18H17NO. The predicted molar refractivity (Wildman–Crippen MR) is 84.1 cm³/mol. The average Bonchev–Trinajstić information content (AvgIpc) is 2.47. The Bertz CT molecular complexity index is 732. The monoisotopic (exact) mass is 263 g/mol. The van der Waals surface area contributed by atoms with Crippen molar-refractivity contribution in [1.29, 1.82) is 0 Å². The van der Waals surface area contributed by atoms with Crippen LogP contribution in [0.15, 0.2) is 60.7 Å². The summed E-state index contributed by atoms with van der Waals surface area (Å²) in [6.07, 6.45) is 0. The van der Waals surface area contributed by atoms with Gasteiger partial charge in [0.1, 0.15) is 5.75 Å². The first-order valence-electron chi connectivity index (χ1n) is 6.74. The number of hydrogen-bond donors (Lipinski definition) is 2. The molecule has 3 aromatic carbocycles. The fourth-order valence-electron chi connectivity index (χ4n) is 2.35. The molecule has 0 heterocycles. The molecular weight excluding hydrogens is 246 g/mol. The van der Waals surface area contributed by atoms with Crippen LogP contribution in [0.5, 0.6) is 5.75 Å². The minimum atomic E-state index is 0.321. The van der Waals surface area contributed by atoms with Gasteiger partial charge in [-0.1, -0.05) is 54.1 Å². The van der Waals surface area contributed by atoms with Gasteiger partial charge in [-0.2, -0.15) is 0 Å². The highest BCUT2D eigenvalue weighted by molar-refractivity contribution is 5.97. The molecule has 0 bridgehead atoms. The highest BCUT2D eigenvalue weighted by Crippen LogP contribution is 2.29. The normalized spacial score (nSPS) is 10.7. The molecule has 0 saturated carbocycles. The van der Waals surface area contributed by atoms with Crippen molar-refractivity contribution in [2.45, 2.75) is 13.5 Å². The predicted octanol–water partition coefficient (Wildman–Crippen LogP) is 4.47. The highest BCUT2D eigenvalue weighted by atomic mass is 16.3. The van der Waals surface area contributed by atoms with Crippen LogP contribution in [0, 0.1) is 6.92 Å². The quantitative estimate of drug-likeness (QED) is 0.731. The minimum absolute atomic E-state index is 0.321. The number of phenols is 1. The maximum atomic E-state index is 9.88. The van der Waals surface area contributed by atoms with Crippen LogP contribution < -0.4 is 5.32 Å². The van der Waals surface area contributed by atoms with E-state index >= 15 is 0 Å². The van der Waals surface area contributed by atoms with E-state index in [0.29, 0.717) is 5.75 Å². The second-order valence-electron chi connectivity index (χ2n) is 5.02. The van der Waals surface area contributed by atoms with Gasteiger partial charge in [-0.05, 0) is 24.6 Å². The third-order valence-electron chi connectivity index (χ3n) is 3.50. The zero-order valence-corrected chi connectivity index (χ0v) is 11.4. The molecule has 0 aromatic heterocycles. The summed E-state index contributed by atoms with van der Waals surface area (Å²) in [6.45, 7) is 2.86. The van der Waals surface area contributed by atoms with E-state index in [2.05, 4.69) is 36.5 Å². The van der Waals surface area contributed by atoms with E-state index in [9.17, 15) is 5.11 Å². The molecule has 0 atom stereocenters. The van der Waals surface area contributed by atoms with Gasteiger partial charge in [0, 0.05) is 23.0 Å². The van der Waals surface area contributed by atoms with Crippen molar-refractivity contribution in [3.63, 3.8) is 0 Å². The minimum Gasteiger partial charge on any atom is -0.507 e. The van der Waals surface area contributed by atoms with Crippen LogP contribution >= 0.6 is 0 Å². The third-order valence-corrected chi connectivity index (χ3v) is 3.50. The Morgan fingerprint density at radius 1 is 0.850 bits per heavy atom. The van der Waals surface area contributed by atoms with E-state index in [1.165, 1.54) is 11.1 Å². The zero-order chi connectivity index (χ0) is 13.9. The molecule has 0 saturated heterocycles. The first kappa shape index (κ1) is 12.5. The fourth-order valence-corrected chi connectivity index (χ4v) is 2.35. The SMILES string of the molecule is Cc1ccc(CNc2cccc3c(O)cccc23)cc1. The van der Waals surface area contributed by atoms with Crippen LogP contribution in [0.2, 0.25) is 0 Å². The van der Waals surface area contributed by atoms with E-state index in [0.717, 1.165) is 23.0 Å². The van der Waals surface area contributed by atoms with Crippen molar-refractivity contribution in [2.24, 2.45) is 0 Å². The van der Waals surface area contributed by atoms with E-state index in [4.69, 9.17) is 0 Å². The second-order valence-corrected chi connectivity index (χ2v) is 5.02. The van der Waals surface area contributed by atoms with Crippen LogP contribution in [-0.4, -0.2) is 5.11 Å². The molecule has 0 aliphatic rings. The molecule has 2 N–H and O–H groups in total. The lowest BCUT2D eigenvalue weighted by Gasteiger charge is -2.11. The van der Waals surface area contributed by atoms with Crippen LogP contribution in [0.3, 0.4) is 0 Å². The maximum Gasteiger partial charge on any atom is 0.123 e. The smallest absolute Gasteiger partial charge is 0.123 e. The number of phenolic OH excluding ortho intramolecular Hbond substituents is 1. The number of nitrogens with one attached hydrogen (secondary N) is 1. The van der Waals surface area contributed by atoms with Gasteiger partial charge in [0.25, 0.3) is 0 Å². The van der Waals surface area contributed by atoms with E-state index < -0.39 is 0 Å². The van der Waals surface area contributed by atoms with Gasteiger partial charge in [0.15, 0.2) is 0 Å². The van der Waals surface area contributed by atoms with Crippen molar-refractivity contribution in [2.75, 3.05) is 5.32 Å². The summed E-state index contributed by atoms with van der Waals surface area (Å²) in [4.78, 5) is 0. The lowest BCUT2D eigenvalue weighted by molar-refractivity contribution is 0.481. The first-order valence-corrected chi connectivity index (χ1v) is 6.74. The topological polar surface area (TPSA) is 32.3 Å². The number of aromatic hydroxyl groups is 1. The lowest BCUT2D eigenvalue weighted by atomic mass is 10.1. The Morgan fingerprint density at radius 3 is 2.35 bits per heavy atom. The number of aryl methyl sites for hydroxylation is 1. The fraction of sp³-hybridized carbons (Fsp3) is 0.111. The summed E-state index contributed by atoms with van der Waals surface area (Å²) in [5.41, 5.74) is 3.55. The molecule has 0 unspecified atom stereocenters. The molecule has 0 radical (unpaired) electrons. The zero-order valence-electron chi connectivity index (χ0n) is 11.4. The van der Waals surface area contributed by atoms with Crippen molar-refractivity contribution in [3.05, 3.63) is 71.8 Å². The summed E-state index contributed by atoms with van der Waals surface area (Å²) in [6, 6.07) is 20.0. The summed E-state index contributed by atoms with van der Waals surface area (Å²) < 4.78 is 0. The number of anilines is 1. The Morgan fingerprint density at radius 2 is 1.55 bits per heavy atom. The summed E-state index contributed by atoms with van der Waals surface area (Å²) >= 11 is 0. The Hall–Kier alpha value is -2.48. The van der Waals surface area contributed by atoms with Crippen molar-refractivity contribution < 1.29 is 5.11 Å². The Balaban J connectivity index is 1.88. The van der Waals surface area contributed by atoms with Crippen LogP contribution in [0.1, 0.15) is 11.1 Å². The van der Waals surface area contributed by atoms with E-state index in [1.54, 1.807) is 6.07 Å². The molecule has 3 rings (SSSR count). The van der Waals surface area contributed by atoms with E-state index in [1.807, 2.05) is 30.3 Å². The first-order chi connectivity index (χ1) is 9.74. The average molecular weight is 263 g/mol. The van der Waals surface area contributed by atoms with Crippen molar-refractivity contribution in [1.82, 2.24) is 0 Å². The summed E-state index contributed by atoms with van der Waals surface area (Å²) in [7, 11) is 0. The molecule has 0 spiro atoms. The van der Waals surface area contributed by atoms with Crippen molar-refractivity contribution >= 4 is 16.5 Å². The molecule has 100 valence electrons. The molecule has 3 aromatic rings. The summed E-state index contributed by atoms with van der Waals surface area (Å²) in [5.74, 6) is 0.321. The van der Waals surface area contributed by atoms with Crippen LogP contribution in [-0.2, 0) is 6.54 Å². The van der Waals surface area contributed by atoms with Gasteiger partial charge in [0.2, 0.25) is 0 Å². The Kier molecular flexibility index (Phi) is 3.30. The van der Waals surface area contributed by atoms with Crippen LogP contribution in [0.4, 0.5) is 5.69 Å².